The number of hydrogen-bond acceptors (Lipinski definition) is 4. The second-order valence-corrected chi connectivity index (χ2v) is 4.42. The monoisotopic (exact) mass is 271 g/mol. The maximum Gasteiger partial charge on any atom is 0.251 e. The van der Waals surface area contributed by atoms with E-state index in [9.17, 15) is 9.90 Å². The molecule has 0 spiro atoms. The lowest BCUT2D eigenvalue weighted by molar-refractivity contribution is 0.0950. The molecule has 3 rings (SSSR count). The van der Waals surface area contributed by atoms with E-state index >= 15 is 0 Å². The van der Waals surface area contributed by atoms with Crippen molar-refractivity contribution >= 4 is 5.91 Å². The third-order valence-electron chi connectivity index (χ3n) is 3.00. The Balaban J connectivity index is 1.66. The summed E-state index contributed by atoms with van der Waals surface area (Å²) < 4.78 is 10.5. The SMILES string of the molecule is O=C(NCc1ccc2c(c1)OCO2)c1cccc(O)c1. The van der Waals surface area contributed by atoms with Crippen molar-refractivity contribution in [3.63, 3.8) is 0 Å². The van der Waals surface area contributed by atoms with E-state index in [4.69, 9.17) is 9.47 Å². The van der Waals surface area contributed by atoms with E-state index in [2.05, 4.69) is 5.32 Å². The summed E-state index contributed by atoms with van der Waals surface area (Å²) in [5.41, 5.74) is 1.34. The standard InChI is InChI=1S/C15H13NO4/c17-12-3-1-2-11(7-12)15(18)16-8-10-4-5-13-14(6-10)20-9-19-13/h1-7,17H,8-9H2,(H,16,18). The molecule has 0 aromatic heterocycles. The number of amides is 1. The molecule has 1 heterocycles. The lowest BCUT2D eigenvalue weighted by Gasteiger charge is -2.06. The highest BCUT2D eigenvalue weighted by molar-refractivity contribution is 5.94. The zero-order valence-corrected chi connectivity index (χ0v) is 10.6. The van der Waals surface area contributed by atoms with Crippen molar-refractivity contribution < 1.29 is 19.4 Å². The van der Waals surface area contributed by atoms with Gasteiger partial charge >= 0.3 is 0 Å². The van der Waals surface area contributed by atoms with Crippen LogP contribution in [0.1, 0.15) is 15.9 Å². The fraction of sp³-hybridized carbons (Fsp3) is 0.133. The van der Waals surface area contributed by atoms with Crippen LogP contribution < -0.4 is 14.8 Å². The Labute approximate surface area is 115 Å². The Morgan fingerprint density at radius 2 is 2.00 bits per heavy atom. The summed E-state index contributed by atoms with van der Waals surface area (Å²) in [6.45, 7) is 0.611. The highest BCUT2D eigenvalue weighted by atomic mass is 16.7. The highest BCUT2D eigenvalue weighted by Gasteiger charge is 2.13. The van der Waals surface area contributed by atoms with E-state index in [-0.39, 0.29) is 18.4 Å². The molecular formula is C15H13NO4. The summed E-state index contributed by atoms with van der Waals surface area (Å²) in [5, 5.41) is 12.1. The topological polar surface area (TPSA) is 67.8 Å². The van der Waals surface area contributed by atoms with Gasteiger partial charge in [-0.15, -0.1) is 0 Å². The van der Waals surface area contributed by atoms with Crippen LogP contribution in [0.3, 0.4) is 0 Å². The molecule has 102 valence electrons. The second kappa shape index (κ2) is 5.13. The fourth-order valence-corrected chi connectivity index (χ4v) is 1.98. The molecular weight excluding hydrogens is 258 g/mol. The van der Waals surface area contributed by atoms with E-state index in [0.717, 1.165) is 5.56 Å². The van der Waals surface area contributed by atoms with Gasteiger partial charge in [0.15, 0.2) is 11.5 Å². The first kappa shape index (κ1) is 12.3. The number of rotatable bonds is 3. The lowest BCUT2D eigenvalue weighted by atomic mass is 10.1. The highest BCUT2D eigenvalue weighted by Crippen LogP contribution is 2.32. The number of benzene rings is 2. The Kier molecular flexibility index (Phi) is 3.16. The van der Waals surface area contributed by atoms with Crippen molar-refractivity contribution in [3.8, 4) is 17.2 Å². The number of aromatic hydroxyl groups is 1. The summed E-state index contributed by atoms with van der Waals surface area (Å²) in [5.74, 6) is 1.24. The number of fused-ring (bicyclic) bond motifs is 1. The zero-order valence-electron chi connectivity index (χ0n) is 10.6. The third kappa shape index (κ3) is 2.51. The van der Waals surface area contributed by atoms with Crippen molar-refractivity contribution in [2.75, 3.05) is 6.79 Å². The number of phenols is 1. The Morgan fingerprint density at radius 1 is 1.15 bits per heavy atom. The van der Waals surface area contributed by atoms with E-state index in [1.54, 1.807) is 12.1 Å². The molecule has 2 aromatic carbocycles. The van der Waals surface area contributed by atoms with Gasteiger partial charge in [-0.2, -0.15) is 0 Å². The van der Waals surface area contributed by atoms with Gasteiger partial charge in [-0.05, 0) is 35.9 Å². The first-order valence-corrected chi connectivity index (χ1v) is 6.18. The lowest BCUT2D eigenvalue weighted by Crippen LogP contribution is -2.22. The molecule has 20 heavy (non-hydrogen) atoms. The van der Waals surface area contributed by atoms with Gasteiger partial charge in [-0.1, -0.05) is 12.1 Å². The third-order valence-corrected chi connectivity index (χ3v) is 3.00. The maximum atomic E-state index is 11.9. The summed E-state index contributed by atoms with van der Waals surface area (Å²) >= 11 is 0. The van der Waals surface area contributed by atoms with Gasteiger partial charge in [0.05, 0.1) is 0 Å². The van der Waals surface area contributed by atoms with Crippen LogP contribution in [0.2, 0.25) is 0 Å². The number of ether oxygens (including phenoxy) is 2. The molecule has 0 aliphatic carbocycles. The molecule has 0 saturated carbocycles. The molecule has 1 aliphatic rings. The molecule has 0 fully saturated rings. The van der Waals surface area contributed by atoms with Crippen LogP contribution in [-0.2, 0) is 6.54 Å². The van der Waals surface area contributed by atoms with Gasteiger partial charge in [0, 0.05) is 12.1 Å². The predicted octanol–water partition coefficient (Wildman–Crippen LogP) is 2.05. The van der Waals surface area contributed by atoms with Crippen molar-refractivity contribution in [2.45, 2.75) is 6.54 Å². The van der Waals surface area contributed by atoms with Crippen LogP contribution in [0.5, 0.6) is 17.2 Å². The number of phenolic OH excluding ortho intramolecular Hbond substituents is 1. The van der Waals surface area contributed by atoms with E-state index < -0.39 is 0 Å². The maximum absolute atomic E-state index is 11.9. The normalized spacial score (nSPS) is 12.2. The molecule has 0 saturated heterocycles. The number of carbonyl (C=O) groups is 1. The molecule has 0 radical (unpaired) electrons. The van der Waals surface area contributed by atoms with Crippen LogP contribution in [0.25, 0.3) is 0 Å². The van der Waals surface area contributed by atoms with Crippen molar-refractivity contribution in [1.29, 1.82) is 0 Å². The minimum Gasteiger partial charge on any atom is -0.508 e. The summed E-state index contributed by atoms with van der Waals surface area (Å²) in [6.07, 6.45) is 0. The minimum absolute atomic E-state index is 0.0701. The van der Waals surface area contributed by atoms with Crippen molar-refractivity contribution in [1.82, 2.24) is 5.32 Å². The predicted molar refractivity (Wildman–Crippen MR) is 71.8 cm³/mol. The zero-order chi connectivity index (χ0) is 13.9. The molecule has 0 bridgehead atoms. The summed E-state index contributed by atoms with van der Waals surface area (Å²) in [7, 11) is 0. The Hall–Kier alpha value is -2.69. The van der Waals surface area contributed by atoms with Gasteiger partial charge in [0.2, 0.25) is 6.79 Å². The van der Waals surface area contributed by atoms with Crippen LogP contribution >= 0.6 is 0 Å². The van der Waals surface area contributed by atoms with Gasteiger partial charge in [0.25, 0.3) is 5.91 Å². The van der Waals surface area contributed by atoms with Crippen molar-refractivity contribution in [3.05, 3.63) is 53.6 Å². The van der Waals surface area contributed by atoms with Crippen LogP contribution in [0, 0.1) is 0 Å². The van der Waals surface area contributed by atoms with Gasteiger partial charge in [-0.3, -0.25) is 4.79 Å². The molecule has 0 atom stereocenters. The Bertz CT molecular complexity index is 654. The summed E-state index contributed by atoms with van der Waals surface area (Å²) in [4.78, 5) is 11.9. The number of carbonyl (C=O) groups excluding carboxylic acids is 1. The molecule has 5 nitrogen and oxygen atoms in total. The molecule has 2 aromatic rings. The summed E-state index contributed by atoms with van der Waals surface area (Å²) in [6, 6.07) is 11.8. The van der Waals surface area contributed by atoms with E-state index in [1.165, 1.54) is 12.1 Å². The fourth-order valence-electron chi connectivity index (χ4n) is 1.98. The van der Waals surface area contributed by atoms with Gasteiger partial charge < -0.3 is 19.9 Å². The second-order valence-electron chi connectivity index (χ2n) is 4.42. The average Bonchev–Trinajstić information content (AvgIpc) is 2.92. The number of nitrogens with one attached hydrogen (secondary N) is 1. The first-order chi connectivity index (χ1) is 9.72. The molecule has 0 unspecified atom stereocenters. The number of hydrogen-bond donors (Lipinski definition) is 2. The molecule has 2 N–H and O–H groups in total. The molecule has 5 heteroatoms. The van der Waals surface area contributed by atoms with E-state index in [0.29, 0.717) is 23.6 Å². The quantitative estimate of drug-likeness (QED) is 0.896. The van der Waals surface area contributed by atoms with Gasteiger partial charge in [-0.25, -0.2) is 0 Å². The molecule has 1 amide bonds. The average molecular weight is 271 g/mol. The largest absolute Gasteiger partial charge is 0.508 e. The smallest absolute Gasteiger partial charge is 0.251 e. The minimum atomic E-state index is -0.237. The molecule has 1 aliphatic heterocycles. The first-order valence-electron chi connectivity index (χ1n) is 6.18. The van der Waals surface area contributed by atoms with Crippen LogP contribution in [-0.4, -0.2) is 17.8 Å². The Morgan fingerprint density at radius 3 is 2.85 bits per heavy atom. The van der Waals surface area contributed by atoms with Gasteiger partial charge in [0.1, 0.15) is 5.75 Å². The van der Waals surface area contributed by atoms with Crippen LogP contribution in [0.15, 0.2) is 42.5 Å². The van der Waals surface area contributed by atoms with Crippen molar-refractivity contribution in [2.24, 2.45) is 0 Å². The van der Waals surface area contributed by atoms with E-state index in [1.807, 2.05) is 18.2 Å². The van der Waals surface area contributed by atoms with Crippen LogP contribution in [0.4, 0.5) is 0 Å².